The van der Waals surface area contributed by atoms with Crippen molar-refractivity contribution in [3.05, 3.63) is 34.0 Å². The number of benzene rings is 1. The molecule has 3 rings (SSSR count). The second-order valence-electron chi connectivity index (χ2n) is 7.11. The molecule has 1 aliphatic rings. The zero-order chi connectivity index (χ0) is 19.4. The van der Waals surface area contributed by atoms with E-state index in [1.165, 1.54) is 17.8 Å². The first-order valence-corrected chi connectivity index (χ1v) is 9.58. The van der Waals surface area contributed by atoms with Crippen LogP contribution >= 0.6 is 0 Å². The van der Waals surface area contributed by atoms with Crippen molar-refractivity contribution in [2.75, 3.05) is 13.2 Å². The summed E-state index contributed by atoms with van der Waals surface area (Å²) in [5.74, 6) is 0.0306. The third-order valence-corrected chi connectivity index (χ3v) is 5.01. The molecule has 1 aliphatic heterocycles. The molecule has 1 atom stereocenters. The van der Waals surface area contributed by atoms with E-state index in [2.05, 4.69) is 17.4 Å². The summed E-state index contributed by atoms with van der Waals surface area (Å²) in [4.78, 5) is 12.4. The summed E-state index contributed by atoms with van der Waals surface area (Å²) >= 11 is 0. The molecular formula is C19H27FN4O3. The van der Waals surface area contributed by atoms with Crippen molar-refractivity contribution in [2.45, 2.75) is 58.0 Å². The molecule has 0 N–H and O–H groups in total. The van der Waals surface area contributed by atoms with E-state index in [-0.39, 0.29) is 17.8 Å². The molecule has 0 saturated carbocycles. The van der Waals surface area contributed by atoms with Crippen LogP contribution in [-0.4, -0.2) is 39.1 Å². The van der Waals surface area contributed by atoms with Gasteiger partial charge in [0.1, 0.15) is 23.4 Å². The highest BCUT2D eigenvalue weighted by Crippen LogP contribution is 2.33. The third kappa shape index (κ3) is 4.37. The Kier molecular flexibility index (Phi) is 6.26. The number of aryl methyl sites for hydroxylation is 1. The van der Waals surface area contributed by atoms with Gasteiger partial charge in [-0.2, -0.15) is 9.36 Å². The lowest BCUT2D eigenvalue weighted by Gasteiger charge is -2.25. The summed E-state index contributed by atoms with van der Waals surface area (Å²) in [5.41, 5.74) is 0.597. The van der Waals surface area contributed by atoms with Gasteiger partial charge in [-0.1, -0.05) is 26.7 Å². The Morgan fingerprint density at radius 2 is 2.07 bits per heavy atom. The van der Waals surface area contributed by atoms with Gasteiger partial charge in [0.2, 0.25) is 0 Å². The van der Waals surface area contributed by atoms with Crippen LogP contribution in [0.3, 0.4) is 0 Å². The molecule has 0 radical (unpaired) electrons. The number of halogens is 1. The topological polar surface area (TPSA) is 71.2 Å². The van der Waals surface area contributed by atoms with Gasteiger partial charge < -0.3 is 9.47 Å². The summed E-state index contributed by atoms with van der Waals surface area (Å²) in [5, 5.41) is 7.70. The van der Waals surface area contributed by atoms with Gasteiger partial charge in [0.15, 0.2) is 0 Å². The van der Waals surface area contributed by atoms with Crippen molar-refractivity contribution in [3.8, 4) is 11.4 Å². The molecule has 1 unspecified atom stereocenters. The van der Waals surface area contributed by atoms with E-state index in [0.29, 0.717) is 30.2 Å². The minimum Gasteiger partial charge on any atom is -0.488 e. The molecule has 0 aliphatic carbocycles. The van der Waals surface area contributed by atoms with Crippen molar-refractivity contribution >= 4 is 0 Å². The molecule has 148 valence electrons. The average Bonchev–Trinajstić information content (AvgIpc) is 2.99. The Balaban J connectivity index is 2.01. The second kappa shape index (κ2) is 8.65. The number of aromatic nitrogens is 4. The van der Waals surface area contributed by atoms with E-state index >= 15 is 0 Å². The maximum absolute atomic E-state index is 14.9. The molecule has 1 saturated heterocycles. The lowest BCUT2D eigenvalue weighted by atomic mass is 9.94. The van der Waals surface area contributed by atoms with Gasteiger partial charge in [-0.15, -0.1) is 0 Å². The van der Waals surface area contributed by atoms with E-state index in [1.807, 2.05) is 6.92 Å². The van der Waals surface area contributed by atoms with Crippen molar-refractivity contribution in [1.82, 2.24) is 19.8 Å². The van der Waals surface area contributed by atoms with Crippen LogP contribution in [0.1, 0.15) is 57.4 Å². The molecule has 2 aromatic rings. The fourth-order valence-electron chi connectivity index (χ4n) is 3.30. The maximum atomic E-state index is 14.9. The van der Waals surface area contributed by atoms with Gasteiger partial charge in [0.05, 0.1) is 13.2 Å². The molecule has 0 spiro atoms. The molecule has 0 amide bonds. The highest BCUT2D eigenvalue weighted by atomic mass is 19.1. The molecule has 1 fully saturated rings. The lowest BCUT2D eigenvalue weighted by molar-refractivity contribution is 0.0253. The predicted octanol–water partition coefficient (Wildman–Crippen LogP) is 2.96. The molecular weight excluding hydrogens is 351 g/mol. The van der Waals surface area contributed by atoms with Gasteiger partial charge in [-0.05, 0) is 34.4 Å². The Morgan fingerprint density at radius 1 is 1.33 bits per heavy atom. The Hall–Kier alpha value is -2.22. The quantitative estimate of drug-likeness (QED) is 0.741. The largest absolute Gasteiger partial charge is 0.488 e. The molecule has 7 nitrogen and oxygen atoms in total. The number of rotatable bonds is 7. The predicted molar refractivity (Wildman–Crippen MR) is 99.0 cm³/mol. The molecule has 2 heterocycles. The second-order valence-corrected chi connectivity index (χ2v) is 7.11. The van der Waals surface area contributed by atoms with E-state index in [9.17, 15) is 9.18 Å². The van der Waals surface area contributed by atoms with Crippen molar-refractivity contribution in [3.63, 3.8) is 0 Å². The van der Waals surface area contributed by atoms with Crippen LogP contribution in [0.5, 0.6) is 5.75 Å². The highest BCUT2D eigenvalue weighted by molar-refractivity contribution is 5.50. The smallest absolute Gasteiger partial charge is 0.368 e. The van der Waals surface area contributed by atoms with Gasteiger partial charge in [0, 0.05) is 26.0 Å². The van der Waals surface area contributed by atoms with Crippen molar-refractivity contribution < 1.29 is 13.9 Å². The fraction of sp³-hybridized carbons (Fsp3) is 0.632. The monoisotopic (exact) mass is 378 g/mol. The van der Waals surface area contributed by atoms with Crippen LogP contribution in [0.4, 0.5) is 4.39 Å². The van der Waals surface area contributed by atoms with Gasteiger partial charge in [0.25, 0.3) is 0 Å². The first-order chi connectivity index (χ1) is 13.0. The molecule has 1 aromatic carbocycles. The Bertz CT molecular complexity index is 827. The Morgan fingerprint density at radius 3 is 2.70 bits per heavy atom. The molecule has 1 aromatic heterocycles. The minimum atomic E-state index is -0.398. The van der Waals surface area contributed by atoms with Gasteiger partial charge in [-0.25, -0.2) is 9.18 Å². The van der Waals surface area contributed by atoms with Crippen LogP contribution in [0.2, 0.25) is 0 Å². The number of nitrogens with zero attached hydrogens (tertiary/aromatic N) is 4. The standard InChI is InChI=1S/C19H27FN4O3/c1-4-5-6-13(2)15-11-17(24-19(25)23(3)21-22-24)18(12-16(15)20)27-14-7-9-26-10-8-14/h11-14H,4-10H2,1-3H3. The van der Waals surface area contributed by atoms with E-state index in [0.717, 1.165) is 36.8 Å². The third-order valence-electron chi connectivity index (χ3n) is 5.01. The Labute approximate surface area is 158 Å². The maximum Gasteiger partial charge on any atom is 0.368 e. The van der Waals surface area contributed by atoms with Crippen LogP contribution in [0.25, 0.3) is 5.69 Å². The first-order valence-electron chi connectivity index (χ1n) is 9.58. The van der Waals surface area contributed by atoms with Crippen molar-refractivity contribution in [2.24, 2.45) is 7.05 Å². The van der Waals surface area contributed by atoms with Crippen LogP contribution in [-0.2, 0) is 11.8 Å². The summed E-state index contributed by atoms with van der Waals surface area (Å²) < 4.78 is 28.6. The van der Waals surface area contributed by atoms with Gasteiger partial charge >= 0.3 is 5.69 Å². The number of tetrazole rings is 1. The summed E-state index contributed by atoms with van der Waals surface area (Å²) in [6.07, 6.45) is 4.32. The van der Waals surface area contributed by atoms with Crippen LogP contribution in [0.15, 0.2) is 16.9 Å². The highest BCUT2D eigenvalue weighted by Gasteiger charge is 2.23. The summed E-state index contributed by atoms with van der Waals surface area (Å²) in [6.45, 7) is 5.33. The minimum absolute atomic E-state index is 0.0354. The van der Waals surface area contributed by atoms with E-state index in [4.69, 9.17) is 9.47 Å². The SMILES string of the molecule is CCCCC(C)c1cc(-n2nnn(C)c2=O)c(OC2CCOCC2)cc1F. The fourth-order valence-corrected chi connectivity index (χ4v) is 3.30. The first kappa shape index (κ1) is 19.5. The number of ether oxygens (including phenoxy) is 2. The van der Waals surface area contributed by atoms with Gasteiger partial charge in [-0.3, -0.25) is 0 Å². The number of hydrogen-bond donors (Lipinski definition) is 0. The zero-order valence-corrected chi connectivity index (χ0v) is 16.2. The number of hydrogen-bond acceptors (Lipinski definition) is 5. The van der Waals surface area contributed by atoms with E-state index < -0.39 is 5.69 Å². The number of unbranched alkanes of at least 4 members (excludes halogenated alkanes) is 1. The van der Waals surface area contributed by atoms with Crippen LogP contribution < -0.4 is 10.4 Å². The van der Waals surface area contributed by atoms with E-state index in [1.54, 1.807) is 6.07 Å². The average molecular weight is 378 g/mol. The molecule has 8 heteroatoms. The summed E-state index contributed by atoms with van der Waals surface area (Å²) in [7, 11) is 1.53. The molecule has 27 heavy (non-hydrogen) atoms. The zero-order valence-electron chi connectivity index (χ0n) is 16.2. The van der Waals surface area contributed by atoms with Crippen molar-refractivity contribution in [1.29, 1.82) is 0 Å². The van der Waals surface area contributed by atoms with Crippen LogP contribution in [0, 0.1) is 5.82 Å². The molecule has 0 bridgehead atoms. The summed E-state index contributed by atoms with van der Waals surface area (Å²) in [6, 6.07) is 3.06. The normalized spacial score (nSPS) is 16.4. The lowest BCUT2D eigenvalue weighted by Crippen LogP contribution is -2.28.